The summed E-state index contributed by atoms with van der Waals surface area (Å²) in [7, 11) is 0. The molecule has 0 saturated carbocycles. The van der Waals surface area contributed by atoms with Crippen LogP contribution in [0.15, 0.2) is 48.5 Å². The van der Waals surface area contributed by atoms with Gasteiger partial charge in [-0.2, -0.15) is 0 Å². The van der Waals surface area contributed by atoms with Gasteiger partial charge in [-0.1, -0.05) is 18.2 Å². The van der Waals surface area contributed by atoms with Gasteiger partial charge in [0, 0.05) is 30.0 Å². The molecule has 1 aliphatic rings. The van der Waals surface area contributed by atoms with Crippen molar-refractivity contribution in [3.63, 3.8) is 0 Å². The zero-order valence-corrected chi connectivity index (χ0v) is 13.0. The molecule has 0 radical (unpaired) electrons. The van der Waals surface area contributed by atoms with Gasteiger partial charge in [0.1, 0.15) is 0 Å². The molecule has 1 amide bonds. The summed E-state index contributed by atoms with van der Waals surface area (Å²) in [6.45, 7) is 4.23. The lowest BCUT2D eigenvalue weighted by Gasteiger charge is -2.28. The minimum atomic E-state index is -0.0560. The molecular formula is C19H22N2O. The molecule has 0 spiro atoms. The number of benzene rings is 2. The van der Waals surface area contributed by atoms with Crippen LogP contribution in [0.1, 0.15) is 35.2 Å². The highest BCUT2D eigenvalue weighted by atomic mass is 16.1. The van der Waals surface area contributed by atoms with Crippen molar-refractivity contribution in [1.29, 1.82) is 0 Å². The Morgan fingerprint density at radius 1 is 0.955 bits per heavy atom. The minimum absolute atomic E-state index is 0.0560. The maximum atomic E-state index is 12.3. The first-order chi connectivity index (χ1) is 10.7. The number of anilines is 2. The topological polar surface area (TPSA) is 32.3 Å². The number of nitrogens with zero attached hydrogens (tertiary/aromatic N) is 1. The molecule has 0 bridgehead atoms. The fourth-order valence-corrected chi connectivity index (χ4v) is 2.88. The van der Waals surface area contributed by atoms with Gasteiger partial charge < -0.3 is 10.2 Å². The van der Waals surface area contributed by atoms with E-state index >= 15 is 0 Å². The van der Waals surface area contributed by atoms with E-state index < -0.39 is 0 Å². The summed E-state index contributed by atoms with van der Waals surface area (Å²) in [6, 6.07) is 15.8. The van der Waals surface area contributed by atoms with E-state index in [2.05, 4.69) is 22.3 Å². The molecule has 0 aliphatic carbocycles. The lowest BCUT2D eigenvalue weighted by molar-refractivity contribution is 0.102. The molecule has 114 valence electrons. The first-order valence-electron chi connectivity index (χ1n) is 7.96. The number of rotatable bonds is 3. The monoisotopic (exact) mass is 294 g/mol. The van der Waals surface area contributed by atoms with Crippen LogP contribution in [0.3, 0.4) is 0 Å². The third-order valence-corrected chi connectivity index (χ3v) is 4.24. The van der Waals surface area contributed by atoms with Gasteiger partial charge in [-0.3, -0.25) is 4.79 Å². The summed E-state index contributed by atoms with van der Waals surface area (Å²) < 4.78 is 0. The molecule has 3 rings (SSSR count). The van der Waals surface area contributed by atoms with Gasteiger partial charge in [0.05, 0.1) is 0 Å². The van der Waals surface area contributed by atoms with E-state index in [9.17, 15) is 4.79 Å². The lowest BCUT2D eigenvalue weighted by atomic mass is 10.1. The SMILES string of the molecule is Cc1ccccc1NC(=O)c1ccc(N2CCCCC2)cc1. The quantitative estimate of drug-likeness (QED) is 0.918. The van der Waals surface area contributed by atoms with Gasteiger partial charge in [-0.25, -0.2) is 0 Å². The van der Waals surface area contributed by atoms with Crippen molar-refractivity contribution in [2.45, 2.75) is 26.2 Å². The molecule has 1 N–H and O–H groups in total. The lowest BCUT2D eigenvalue weighted by Crippen LogP contribution is -2.29. The Hall–Kier alpha value is -2.29. The van der Waals surface area contributed by atoms with Crippen molar-refractivity contribution >= 4 is 17.3 Å². The van der Waals surface area contributed by atoms with Crippen molar-refractivity contribution in [2.24, 2.45) is 0 Å². The number of carbonyl (C=O) groups is 1. The molecule has 0 atom stereocenters. The molecular weight excluding hydrogens is 272 g/mol. The molecule has 2 aromatic rings. The Kier molecular flexibility index (Phi) is 4.42. The Balaban J connectivity index is 1.69. The largest absolute Gasteiger partial charge is 0.372 e. The number of para-hydroxylation sites is 1. The summed E-state index contributed by atoms with van der Waals surface area (Å²) in [4.78, 5) is 14.7. The molecule has 0 unspecified atom stereocenters. The summed E-state index contributed by atoms with van der Waals surface area (Å²) in [5.41, 5.74) is 3.85. The number of hydrogen-bond acceptors (Lipinski definition) is 2. The molecule has 1 saturated heterocycles. The second-order valence-corrected chi connectivity index (χ2v) is 5.86. The van der Waals surface area contributed by atoms with E-state index in [0.29, 0.717) is 5.56 Å². The van der Waals surface area contributed by atoms with Crippen LogP contribution >= 0.6 is 0 Å². The average molecular weight is 294 g/mol. The van der Waals surface area contributed by atoms with Gasteiger partial charge in [0.2, 0.25) is 0 Å². The Morgan fingerprint density at radius 2 is 1.64 bits per heavy atom. The van der Waals surface area contributed by atoms with Crippen LogP contribution in [0.2, 0.25) is 0 Å². The van der Waals surface area contributed by atoms with Crippen molar-refractivity contribution in [2.75, 3.05) is 23.3 Å². The number of piperidine rings is 1. The number of amides is 1. The van der Waals surface area contributed by atoms with E-state index in [1.54, 1.807) is 0 Å². The molecule has 2 aromatic carbocycles. The highest BCUT2D eigenvalue weighted by Crippen LogP contribution is 2.21. The van der Waals surface area contributed by atoms with Crippen LogP contribution in [-0.4, -0.2) is 19.0 Å². The van der Waals surface area contributed by atoms with Crippen molar-refractivity contribution in [1.82, 2.24) is 0 Å². The van der Waals surface area contributed by atoms with Crippen LogP contribution in [0.25, 0.3) is 0 Å². The highest BCUT2D eigenvalue weighted by Gasteiger charge is 2.12. The fraction of sp³-hybridized carbons (Fsp3) is 0.316. The zero-order valence-electron chi connectivity index (χ0n) is 13.0. The Morgan fingerprint density at radius 3 is 2.32 bits per heavy atom. The molecule has 22 heavy (non-hydrogen) atoms. The predicted octanol–water partition coefficient (Wildman–Crippen LogP) is 4.24. The smallest absolute Gasteiger partial charge is 0.255 e. The first kappa shape index (κ1) is 14.6. The van der Waals surface area contributed by atoms with E-state index in [1.165, 1.54) is 24.9 Å². The first-order valence-corrected chi connectivity index (χ1v) is 7.96. The van der Waals surface area contributed by atoms with Crippen molar-refractivity contribution < 1.29 is 4.79 Å². The van der Waals surface area contributed by atoms with Crippen molar-refractivity contribution in [3.8, 4) is 0 Å². The Bertz CT molecular complexity index is 643. The molecule has 3 nitrogen and oxygen atoms in total. The van der Waals surface area contributed by atoms with Crippen LogP contribution in [0.5, 0.6) is 0 Å². The predicted molar refractivity (Wildman–Crippen MR) is 91.6 cm³/mol. The number of nitrogens with one attached hydrogen (secondary N) is 1. The number of hydrogen-bond donors (Lipinski definition) is 1. The molecule has 3 heteroatoms. The van der Waals surface area contributed by atoms with E-state index in [-0.39, 0.29) is 5.91 Å². The number of carbonyl (C=O) groups excluding carboxylic acids is 1. The third-order valence-electron chi connectivity index (χ3n) is 4.24. The second kappa shape index (κ2) is 6.65. The van der Waals surface area contributed by atoms with Gasteiger partial charge in [0.15, 0.2) is 0 Å². The average Bonchev–Trinajstić information content (AvgIpc) is 2.58. The normalized spacial score (nSPS) is 14.7. The van der Waals surface area contributed by atoms with Crippen LogP contribution in [0.4, 0.5) is 11.4 Å². The summed E-state index contributed by atoms with van der Waals surface area (Å²) in [6.07, 6.45) is 3.85. The molecule has 0 aromatic heterocycles. The van der Waals surface area contributed by atoms with Gasteiger partial charge in [-0.05, 0) is 62.1 Å². The summed E-state index contributed by atoms with van der Waals surface area (Å²) in [5.74, 6) is -0.0560. The van der Waals surface area contributed by atoms with E-state index in [0.717, 1.165) is 24.3 Å². The third kappa shape index (κ3) is 3.30. The summed E-state index contributed by atoms with van der Waals surface area (Å²) >= 11 is 0. The minimum Gasteiger partial charge on any atom is -0.372 e. The molecule has 1 fully saturated rings. The maximum Gasteiger partial charge on any atom is 0.255 e. The maximum absolute atomic E-state index is 12.3. The van der Waals surface area contributed by atoms with Gasteiger partial charge in [0.25, 0.3) is 5.91 Å². The highest BCUT2D eigenvalue weighted by molar-refractivity contribution is 6.04. The standard InChI is InChI=1S/C19H22N2O/c1-15-7-3-4-8-18(15)20-19(22)16-9-11-17(12-10-16)21-13-5-2-6-14-21/h3-4,7-12H,2,5-6,13-14H2,1H3,(H,20,22). The van der Waals surface area contributed by atoms with Crippen LogP contribution in [-0.2, 0) is 0 Å². The van der Waals surface area contributed by atoms with E-state index in [1.807, 2.05) is 43.3 Å². The molecule has 1 aliphatic heterocycles. The molecule has 1 heterocycles. The van der Waals surface area contributed by atoms with Crippen LogP contribution in [0, 0.1) is 6.92 Å². The van der Waals surface area contributed by atoms with Gasteiger partial charge >= 0.3 is 0 Å². The Labute approximate surface area is 132 Å². The second-order valence-electron chi connectivity index (χ2n) is 5.86. The zero-order chi connectivity index (χ0) is 15.4. The van der Waals surface area contributed by atoms with E-state index in [4.69, 9.17) is 0 Å². The summed E-state index contributed by atoms with van der Waals surface area (Å²) in [5, 5.41) is 2.97. The fourth-order valence-electron chi connectivity index (χ4n) is 2.88. The van der Waals surface area contributed by atoms with Gasteiger partial charge in [-0.15, -0.1) is 0 Å². The number of aryl methyl sites for hydroxylation is 1. The van der Waals surface area contributed by atoms with Crippen LogP contribution < -0.4 is 10.2 Å². The van der Waals surface area contributed by atoms with Crippen molar-refractivity contribution in [3.05, 3.63) is 59.7 Å².